The van der Waals surface area contributed by atoms with Gasteiger partial charge >= 0.3 is 0 Å². The third-order valence-corrected chi connectivity index (χ3v) is 3.64. The van der Waals surface area contributed by atoms with E-state index in [4.69, 9.17) is 9.47 Å². The second kappa shape index (κ2) is 5.38. The number of aromatic hydroxyl groups is 2. The molecule has 0 aliphatic carbocycles. The van der Waals surface area contributed by atoms with Crippen LogP contribution in [0.1, 0.15) is 17.2 Å². The number of aliphatic hydroxyl groups is 1. The van der Waals surface area contributed by atoms with Crippen molar-refractivity contribution in [3.8, 4) is 23.0 Å². The molecule has 5 nitrogen and oxygen atoms in total. The van der Waals surface area contributed by atoms with Gasteiger partial charge in [-0.25, -0.2) is 4.39 Å². The van der Waals surface area contributed by atoms with E-state index in [0.717, 1.165) is 6.07 Å². The number of rotatable bonds is 2. The van der Waals surface area contributed by atoms with Gasteiger partial charge in [0, 0.05) is 35.7 Å². The van der Waals surface area contributed by atoms with Crippen molar-refractivity contribution in [1.29, 1.82) is 0 Å². The fourth-order valence-corrected chi connectivity index (χ4v) is 2.62. The minimum atomic E-state index is -0.979. The topological polar surface area (TPSA) is 79.2 Å². The Morgan fingerprint density at radius 1 is 1.18 bits per heavy atom. The van der Waals surface area contributed by atoms with Crippen molar-refractivity contribution < 1.29 is 29.2 Å². The summed E-state index contributed by atoms with van der Waals surface area (Å²) in [4.78, 5) is 0. The largest absolute Gasteiger partial charge is 0.508 e. The van der Waals surface area contributed by atoms with Crippen LogP contribution in [0, 0.1) is 5.82 Å². The van der Waals surface area contributed by atoms with Crippen LogP contribution in [0.3, 0.4) is 0 Å². The fraction of sp³-hybridized carbons (Fsp3) is 0.250. The minimum absolute atomic E-state index is 0.0334. The molecule has 0 unspecified atom stereocenters. The van der Waals surface area contributed by atoms with Gasteiger partial charge in [0.25, 0.3) is 0 Å². The molecule has 116 valence electrons. The van der Waals surface area contributed by atoms with Gasteiger partial charge in [-0.2, -0.15) is 0 Å². The van der Waals surface area contributed by atoms with Crippen molar-refractivity contribution >= 4 is 0 Å². The van der Waals surface area contributed by atoms with Gasteiger partial charge in [0.1, 0.15) is 28.8 Å². The van der Waals surface area contributed by atoms with Crippen LogP contribution in [0.4, 0.5) is 4.39 Å². The van der Waals surface area contributed by atoms with Crippen molar-refractivity contribution in [2.24, 2.45) is 0 Å². The first-order chi connectivity index (χ1) is 10.5. The van der Waals surface area contributed by atoms with Gasteiger partial charge in [-0.1, -0.05) is 0 Å². The van der Waals surface area contributed by atoms with Gasteiger partial charge in [0.15, 0.2) is 6.10 Å². The quantitative estimate of drug-likeness (QED) is 0.793. The van der Waals surface area contributed by atoms with Crippen molar-refractivity contribution in [1.82, 2.24) is 0 Å². The molecule has 2 aromatic rings. The molecule has 2 atom stereocenters. The van der Waals surface area contributed by atoms with Crippen LogP contribution >= 0.6 is 0 Å². The molecule has 1 aliphatic rings. The zero-order valence-electron chi connectivity index (χ0n) is 11.8. The smallest absolute Gasteiger partial charge is 0.150 e. The van der Waals surface area contributed by atoms with Crippen LogP contribution in [-0.4, -0.2) is 28.5 Å². The first kappa shape index (κ1) is 14.5. The summed E-state index contributed by atoms with van der Waals surface area (Å²) in [5.74, 6) is -0.131. The Morgan fingerprint density at radius 2 is 1.95 bits per heavy atom. The number of fused-ring (bicyclic) bond motifs is 1. The van der Waals surface area contributed by atoms with Crippen molar-refractivity contribution in [3.05, 3.63) is 47.3 Å². The maximum Gasteiger partial charge on any atom is 0.150 e. The Labute approximate surface area is 126 Å². The maximum absolute atomic E-state index is 13.4. The minimum Gasteiger partial charge on any atom is -0.508 e. The van der Waals surface area contributed by atoms with Crippen LogP contribution in [-0.2, 0) is 6.42 Å². The summed E-state index contributed by atoms with van der Waals surface area (Å²) in [7, 11) is 1.46. The molecular formula is C16H15FO5. The Hall–Kier alpha value is -2.47. The lowest BCUT2D eigenvalue weighted by Crippen LogP contribution is -2.30. The molecule has 0 radical (unpaired) electrons. The predicted molar refractivity (Wildman–Crippen MR) is 75.8 cm³/mol. The summed E-state index contributed by atoms with van der Waals surface area (Å²) in [5, 5.41) is 29.7. The molecule has 0 fully saturated rings. The highest BCUT2D eigenvalue weighted by atomic mass is 19.1. The number of phenols is 2. The highest BCUT2D eigenvalue weighted by molar-refractivity contribution is 5.52. The van der Waals surface area contributed by atoms with E-state index in [1.54, 1.807) is 6.07 Å². The van der Waals surface area contributed by atoms with Gasteiger partial charge in [-0.3, -0.25) is 0 Å². The standard InChI is InChI=1S/C16H15FO5/c1-21-11-5-13(19)12-7-14(20)16(22-15(12)6-11)8-2-9(17)4-10(18)3-8/h2-6,14,16,18-20H,7H2,1H3/t14-,16-/m0/s1. The molecular weight excluding hydrogens is 291 g/mol. The molecule has 0 spiro atoms. The Bertz CT molecular complexity index is 696. The molecule has 6 heteroatoms. The SMILES string of the molecule is COc1cc(O)c2c(c1)O[C@@H](c1cc(O)cc(F)c1)[C@@H](O)C2. The first-order valence-corrected chi connectivity index (χ1v) is 6.72. The Kier molecular flexibility index (Phi) is 3.54. The number of ether oxygens (including phenoxy) is 2. The Balaban J connectivity index is 2.01. The molecule has 3 rings (SSSR count). The molecule has 3 N–H and O–H groups in total. The van der Waals surface area contributed by atoms with Crippen LogP contribution in [0.5, 0.6) is 23.0 Å². The lowest BCUT2D eigenvalue weighted by Gasteiger charge is -2.31. The summed E-state index contributed by atoms with van der Waals surface area (Å²) < 4.78 is 24.2. The van der Waals surface area contributed by atoms with Crippen LogP contribution in [0.2, 0.25) is 0 Å². The zero-order chi connectivity index (χ0) is 15.9. The van der Waals surface area contributed by atoms with Gasteiger partial charge in [-0.05, 0) is 12.1 Å². The number of phenolic OH excluding ortho intramolecular Hbond substituents is 2. The zero-order valence-corrected chi connectivity index (χ0v) is 11.8. The third-order valence-electron chi connectivity index (χ3n) is 3.64. The number of methoxy groups -OCH3 is 1. The molecule has 0 aromatic heterocycles. The number of benzene rings is 2. The molecule has 1 heterocycles. The summed E-state index contributed by atoms with van der Waals surface area (Å²) in [5.41, 5.74) is 0.781. The second-order valence-electron chi connectivity index (χ2n) is 5.18. The average molecular weight is 306 g/mol. The first-order valence-electron chi connectivity index (χ1n) is 6.72. The van der Waals surface area contributed by atoms with E-state index in [2.05, 4.69) is 0 Å². The molecule has 2 aromatic carbocycles. The summed E-state index contributed by atoms with van der Waals surface area (Å²) in [6, 6.07) is 6.53. The Morgan fingerprint density at radius 3 is 2.64 bits per heavy atom. The van der Waals surface area contributed by atoms with E-state index in [0.29, 0.717) is 22.6 Å². The highest BCUT2D eigenvalue weighted by Crippen LogP contribution is 2.42. The third kappa shape index (κ3) is 2.53. The number of hydrogen-bond acceptors (Lipinski definition) is 5. The number of halogens is 1. The van der Waals surface area contributed by atoms with E-state index in [-0.39, 0.29) is 17.9 Å². The fourth-order valence-electron chi connectivity index (χ4n) is 2.62. The second-order valence-corrected chi connectivity index (χ2v) is 5.18. The van der Waals surface area contributed by atoms with E-state index in [1.807, 2.05) is 0 Å². The van der Waals surface area contributed by atoms with Gasteiger partial charge in [0.05, 0.1) is 13.2 Å². The van der Waals surface area contributed by atoms with Crippen LogP contribution in [0.25, 0.3) is 0 Å². The number of hydrogen-bond donors (Lipinski definition) is 3. The van der Waals surface area contributed by atoms with Gasteiger partial charge in [-0.15, -0.1) is 0 Å². The van der Waals surface area contributed by atoms with Crippen molar-refractivity contribution in [2.45, 2.75) is 18.6 Å². The maximum atomic E-state index is 13.4. The monoisotopic (exact) mass is 306 g/mol. The van der Waals surface area contributed by atoms with E-state index in [9.17, 15) is 19.7 Å². The van der Waals surface area contributed by atoms with Crippen LogP contribution < -0.4 is 9.47 Å². The summed E-state index contributed by atoms with van der Waals surface area (Å²) in [6.45, 7) is 0. The summed E-state index contributed by atoms with van der Waals surface area (Å²) >= 11 is 0. The lowest BCUT2D eigenvalue weighted by atomic mass is 9.94. The molecule has 22 heavy (non-hydrogen) atoms. The predicted octanol–water partition coefficient (Wildman–Crippen LogP) is 2.28. The lowest BCUT2D eigenvalue weighted by molar-refractivity contribution is 0.0195. The van der Waals surface area contributed by atoms with E-state index < -0.39 is 18.0 Å². The van der Waals surface area contributed by atoms with Gasteiger partial charge < -0.3 is 24.8 Å². The molecule has 0 saturated heterocycles. The molecule has 0 bridgehead atoms. The summed E-state index contributed by atoms with van der Waals surface area (Å²) in [6.07, 6.45) is -1.68. The average Bonchev–Trinajstić information content (AvgIpc) is 2.46. The molecule has 0 saturated carbocycles. The van der Waals surface area contributed by atoms with Gasteiger partial charge in [0.2, 0.25) is 0 Å². The van der Waals surface area contributed by atoms with Crippen molar-refractivity contribution in [3.63, 3.8) is 0 Å². The molecule has 1 aliphatic heterocycles. The van der Waals surface area contributed by atoms with Crippen LogP contribution in [0.15, 0.2) is 30.3 Å². The normalized spacial score (nSPS) is 20.1. The highest BCUT2D eigenvalue weighted by Gasteiger charge is 2.32. The van der Waals surface area contributed by atoms with Crippen molar-refractivity contribution in [2.75, 3.05) is 7.11 Å². The van der Waals surface area contributed by atoms with E-state index in [1.165, 1.54) is 25.3 Å². The molecule has 0 amide bonds. The van der Waals surface area contributed by atoms with E-state index >= 15 is 0 Å². The number of aliphatic hydroxyl groups excluding tert-OH is 1.